The van der Waals surface area contributed by atoms with E-state index in [9.17, 15) is 24.9 Å². The molecule has 6 heteroatoms. The molecule has 0 saturated carbocycles. The molecule has 0 unspecified atom stereocenters. The second-order valence-electron chi connectivity index (χ2n) is 5.00. The van der Waals surface area contributed by atoms with Crippen molar-refractivity contribution in [3.05, 3.63) is 23.3 Å². The number of cyclic esters (lactones) is 1. The number of ether oxygens (including phenoxy) is 1. The Kier molecular flexibility index (Phi) is 3.94. The highest BCUT2D eigenvalue weighted by Crippen LogP contribution is 2.31. The fourth-order valence-electron chi connectivity index (χ4n) is 2.38. The highest BCUT2D eigenvalue weighted by atomic mass is 16.5. The van der Waals surface area contributed by atoms with E-state index in [-0.39, 0.29) is 47.7 Å². The molecule has 108 valence electrons. The van der Waals surface area contributed by atoms with Gasteiger partial charge in [0.2, 0.25) is 0 Å². The molecule has 0 aromatic heterocycles. The van der Waals surface area contributed by atoms with Gasteiger partial charge in [-0.2, -0.15) is 0 Å². The predicted octanol–water partition coefficient (Wildman–Crippen LogP) is 0.909. The number of aromatic hydroxyl groups is 2. The van der Waals surface area contributed by atoms with Gasteiger partial charge in [0.1, 0.15) is 17.6 Å². The summed E-state index contributed by atoms with van der Waals surface area (Å²) in [6.07, 6.45) is -1.57. The first-order valence-electron chi connectivity index (χ1n) is 6.32. The number of benzene rings is 1. The van der Waals surface area contributed by atoms with Gasteiger partial charge in [0.05, 0.1) is 18.1 Å². The molecule has 1 aliphatic heterocycles. The summed E-state index contributed by atoms with van der Waals surface area (Å²) in [6.45, 7) is 1.54. The first-order valence-corrected chi connectivity index (χ1v) is 6.32. The van der Waals surface area contributed by atoms with Crippen LogP contribution in [0.4, 0.5) is 0 Å². The van der Waals surface area contributed by atoms with E-state index in [0.29, 0.717) is 0 Å². The van der Waals surface area contributed by atoms with E-state index in [0.717, 1.165) is 6.07 Å². The van der Waals surface area contributed by atoms with Crippen LogP contribution < -0.4 is 0 Å². The van der Waals surface area contributed by atoms with Gasteiger partial charge in [-0.25, -0.2) is 0 Å². The number of hydrogen-bond acceptors (Lipinski definition) is 6. The number of Topliss-reactive ketones (excluding diaryl/α,β-unsaturated/α-hetero) is 1. The summed E-state index contributed by atoms with van der Waals surface area (Å²) in [7, 11) is 0. The normalized spacial score (nSPS) is 20.6. The van der Waals surface area contributed by atoms with Crippen LogP contribution in [0.1, 0.15) is 35.7 Å². The molecule has 6 nitrogen and oxygen atoms in total. The summed E-state index contributed by atoms with van der Waals surface area (Å²) < 4.78 is 5.13. The lowest BCUT2D eigenvalue weighted by atomic mass is 9.93. The van der Waals surface area contributed by atoms with Gasteiger partial charge >= 0.3 is 5.97 Å². The number of hydrogen-bond donors (Lipinski definition) is 3. The Morgan fingerprint density at radius 1 is 1.35 bits per heavy atom. The number of fused-ring (bicyclic) bond motifs is 1. The Balaban J connectivity index is 2.38. The largest absolute Gasteiger partial charge is 0.508 e. The van der Waals surface area contributed by atoms with Crippen LogP contribution in [0.25, 0.3) is 0 Å². The Bertz CT molecular complexity index is 549. The van der Waals surface area contributed by atoms with Crippen molar-refractivity contribution in [3.63, 3.8) is 0 Å². The number of esters is 1. The number of ketones is 1. The first-order chi connectivity index (χ1) is 9.36. The fourth-order valence-corrected chi connectivity index (χ4v) is 2.38. The first kappa shape index (κ1) is 14.3. The van der Waals surface area contributed by atoms with Crippen molar-refractivity contribution in [2.75, 3.05) is 0 Å². The molecule has 0 aliphatic carbocycles. The average molecular weight is 280 g/mol. The molecule has 1 aliphatic rings. The van der Waals surface area contributed by atoms with Crippen molar-refractivity contribution < 1.29 is 29.6 Å². The second-order valence-corrected chi connectivity index (χ2v) is 5.00. The average Bonchev–Trinajstić information content (AvgIpc) is 2.24. The number of carbonyl (C=O) groups is 2. The number of carbonyl (C=O) groups excluding carboxylic acids is 2. The third kappa shape index (κ3) is 3.08. The van der Waals surface area contributed by atoms with Gasteiger partial charge < -0.3 is 20.1 Å². The zero-order valence-electron chi connectivity index (χ0n) is 11.0. The molecule has 1 heterocycles. The molecular weight excluding hydrogens is 264 g/mol. The SMILES string of the molecule is C[C@@H](O)C[C@H]1CC(=O)c2c(O)cc(O)cc2CC(=O)O1. The van der Waals surface area contributed by atoms with Crippen LogP contribution in [-0.4, -0.2) is 39.3 Å². The van der Waals surface area contributed by atoms with Crippen LogP contribution in [-0.2, 0) is 16.0 Å². The molecule has 0 saturated heterocycles. The van der Waals surface area contributed by atoms with Gasteiger partial charge in [0, 0.05) is 18.9 Å². The summed E-state index contributed by atoms with van der Waals surface area (Å²) in [6, 6.07) is 2.33. The molecule has 3 N–H and O–H groups in total. The minimum atomic E-state index is -0.712. The molecule has 0 radical (unpaired) electrons. The third-order valence-electron chi connectivity index (χ3n) is 3.11. The van der Waals surface area contributed by atoms with Crippen molar-refractivity contribution in [1.82, 2.24) is 0 Å². The molecule has 2 rings (SSSR count). The fraction of sp³-hybridized carbons (Fsp3) is 0.429. The number of phenolic OH excluding ortho intramolecular Hbond substituents is 2. The number of aliphatic hydroxyl groups excluding tert-OH is 1. The van der Waals surface area contributed by atoms with E-state index in [4.69, 9.17) is 4.74 Å². The highest BCUT2D eigenvalue weighted by Gasteiger charge is 2.28. The highest BCUT2D eigenvalue weighted by molar-refractivity contribution is 6.02. The van der Waals surface area contributed by atoms with Crippen LogP contribution in [0.15, 0.2) is 12.1 Å². The van der Waals surface area contributed by atoms with Gasteiger partial charge in [-0.05, 0) is 18.6 Å². The zero-order chi connectivity index (χ0) is 14.9. The van der Waals surface area contributed by atoms with E-state index in [1.165, 1.54) is 6.07 Å². The lowest BCUT2D eigenvalue weighted by molar-refractivity contribution is -0.149. The minimum Gasteiger partial charge on any atom is -0.508 e. The molecule has 0 bridgehead atoms. The monoisotopic (exact) mass is 280 g/mol. The summed E-state index contributed by atoms with van der Waals surface area (Å²) in [5.41, 5.74) is 0.281. The quantitative estimate of drug-likeness (QED) is 0.696. The van der Waals surface area contributed by atoms with Crippen molar-refractivity contribution in [2.45, 2.75) is 38.4 Å². The van der Waals surface area contributed by atoms with Crippen LogP contribution in [0, 0.1) is 0 Å². The summed E-state index contributed by atoms with van der Waals surface area (Å²) >= 11 is 0. The maximum absolute atomic E-state index is 12.2. The van der Waals surface area contributed by atoms with Gasteiger partial charge in [-0.15, -0.1) is 0 Å². The smallest absolute Gasteiger partial charge is 0.310 e. The van der Waals surface area contributed by atoms with E-state index in [1.54, 1.807) is 6.92 Å². The molecule has 0 spiro atoms. The third-order valence-corrected chi connectivity index (χ3v) is 3.11. The minimum absolute atomic E-state index is 0.0371. The van der Waals surface area contributed by atoms with Crippen molar-refractivity contribution in [2.24, 2.45) is 0 Å². The van der Waals surface area contributed by atoms with Gasteiger partial charge in [-0.3, -0.25) is 9.59 Å². The van der Waals surface area contributed by atoms with Crippen molar-refractivity contribution >= 4 is 11.8 Å². The molecule has 1 aromatic carbocycles. The summed E-state index contributed by atoms with van der Waals surface area (Å²) in [5, 5.41) is 28.6. The lowest BCUT2D eigenvalue weighted by Crippen LogP contribution is -2.29. The van der Waals surface area contributed by atoms with E-state index < -0.39 is 18.2 Å². The number of rotatable bonds is 2. The molecule has 0 fully saturated rings. The predicted molar refractivity (Wildman–Crippen MR) is 68.6 cm³/mol. The molecule has 20 heavy (non-hydrogen) atoms. The van der Waals surface area contributed by atoms with Crippen molar-refractivity contribution in [1.29, 1.82) is 0 Å². The Hall–Kier alpha value is -2.08. The van der Waals surface area contributed by atoms with Gasteiger partial charge in [0.25, 0.3) is 0 Å². The van der Waals surface area contributed by atoms with Crippen molar-refractivity contribution in [3.8, 4) is 11.5 Å². The Morgan fingerprint density at radius 3 is 2.70 bits per heavy atom. The van der Waals surface area contributed by atoms with Gasteiger partial charge in [-0.1, -0.05) is 0 Å². The maximum atomic E-state index is 12.2. The maximum Gasteiger partial charge on any atom is 0.310 e. The topological polar surface area (TPSA) is 104 Å². The molecule has 1 aromatic rings. The molecular formula is C14H16O6. The second kappa shape index (κ2) is 5.50. The lowest BCUT2D eigenvalue weighted by Gasteiger charge is -2.22. The molecule has 2 atom stereocenters. The standard InChI is InChI=1S/C14H16O6/c1-7(15)2-10-6-12(18)14-8(4-13(19)20-10)3-9(16)5-11(14)17/h3,5,7,10,15-17H,2,4,6H2,1H3/t7-,10+/m1/s1. The zero-order valence-corrected chi connectivity index (χ0v) is 11.0. The van der Waals surface area contributed by atoms with Gasteiger partial charge in [0.15, 0.2) is 5.78 Å². The van der Waals surface area contributed by atoms with Crippen LogP contribution in [0.5, 0.6) is 11.5 Å². The van der Waals surface area contributed by atoms with E-state index in [1.807, 2.05) is 0 Å². The van der Waals surface area contributed by atoms with Crippen LogP contribution in [0.3, 0.4) is 0 Å². The van der Waals surface area contributed by atoms with Crippen LogP contribution in [0.2, 0.25) is 0 Å². The summed E-state index contributed by atoms with van der Waals surface area (Å²) in [4.78, 5) is 23.9. The van der Waals surface area contributed by atoms with Crippen LogP contribution >= 0.6 is 0 Å². The Morgan fingerprint density at radius 2 is 2.05 bits per heavy atom. The number of phenols is 2. The van der Waals surface area contributed by atoms with E-state index in [2.05, 4.69) is 0 Å². The Labute approximate surface area is 115 Å². The summed E-state index contributed by atoms with van der Waals surface area (Å²) in [5.74, 6) is -1.51. The molecule has 0 amide bonds. The van der Waals surface area contributed by atoms with E-state index >= 15 is 0 Å². The number of aliphatic hydroxyl groups is 1.